The Hall–Kier alpha value is -0.300. The molecule has 2 aliphatic rings. The summed E-state index contributed by atoms with van der Waals surface area (Å²) in [6.07, 6.45) is 7.30. The number of thiophene rings is 1. The lowest BCUT2D eigenvalue weighted by molar-refractivity contribution is 0.330. The first kappa shape index (κ1) is 7.14. The number of hydrogen-bond acceptors (Lipinski definition) is 1. The molecule has 1 aromatic heterocycles. The molecule has 0 amide bonds. The molecule has 0 spiro atoms. The van der Waals surface area contributed by atoms with E-state index in [4.69, 9.17) is 0 Å². The van der Waals surface area contributed by atoms with E-state index in [2.05, 4.69) is 10.8 Å². The summed E-state index contributed by atoms with van der Waals surface area (Å²) in [7, 11) is 0. The van der Waals surface area contributed by atoms with E-state index in [9.17, 15) is 0 Å². The molecule has 0 aliphatic heterocycles. The second-order valence-corrected chi connectivity index (χ2v) is 4.95. The second kappa shape index (κ2) is 2.59. The lowest BCUT2D eigenvalue weighted by atomic mass is 9.80. The van der Waals surface area contributed by atoms with E-state index >= 15 is 0 Å². The summed E-state index contributed by atoms with van der Waals surface area (Å²) in [6.45, 7) is 0. The number of hydrogen-bond donors (Lipinski definition) is 0. The van der Waals surface area contributed by atoms with E-state index in [1.165, 1.54) is 32.1 Å². The molecule has 2 aliphatic carbocycles. The predicted molar refractivity (Wildman–Crippen MR) is 52.7 cm³/mol. The van der Waals surface area contributed by atoms with Gasteiger partial charge in [-0.3, -0.25) is 0 Å². The highest BCUT2D eigenvalue weighted by molar-refractivity contribution is 7.08. The molecule has 0 nitrogen and oxygen atoms in total. The molecule has 3 rings (SSSR count). The summed E-state index contributed by atoms with van der Waals surface area (Å²) >= 11 is 1.90. The first-order valence-electron chi connectivity index (χ1n) is 5.00. The maximum Gasteiger partial charge on any atom is -0.00555 e. The summed E-state index contributed by atoms with van der Waals surface area (Å²) in [6, 6.07) is 0. The molecule has 1 heterocycles. The summed E-state index contributed by atoms with van der Waals surface area (Å²) in [4.78, 5) is 0. The molecule has 0 bridgehead atoms. The van der Waals surface area contributed by atoms with Crippen LogP contribution in [-0.2, 0) is 6.42 Å². The highest BCUT2D eigenvalue weighted by Crippen LogP contribution is 2.47. The smallest absolute Gasteiger partial charge is 0.00555 e. The van der Waals surface area contributed by atoms with Crippen molar-refractivity contribution in [3.8, 4) is 0 Å². The van der Waals surface area contributed by atoms with Gasteiger partial charge in [-0.2, -0.15) is 11.3 Å². The Morgan fingerprint density at radius 1 is 1.17 bits per heavy atom. The average molecular weight is 178 g/mol. The quantitative estimate of drug-likeness (QED) is 0.569. The zero-order valence-electron chi connectivity index (χ0n) is 7.25. The monoisotopic (exact) mass is 178 g/mol. The van der Waals surface area contributed by atoms with E-state index in [1.807, 2.05) is 11.3 Å². The zero-order valence-corrected chi connectivity index (χ0v) is 8.07. The third-order valence-corrected chi connectivity index (χ3v) is 4.38. The summed E-state index contributed by atoms with van der Waals surface area (Å²) in [5, 5.41) is 4.76. The SMILES string of the molecule is c1scc2c1CC1CCCCC21. The van der Waals surface area contributed by atoms with Gasteiger partial charge in [-0.1, -0.05) is 12.8 Å². The molecule has 2 unspecified atom stereocenters. The van der Waals surface area contributed by atoms with Crippen LogP contribution in [0.4, 0.5) is 0 Å². The molecule has 1 saturated carbocycles. The van der Waals surface area contributed by atoms with Crippen molar-refractivity contribution in [1.29, 1.82) is 0 Å². The van der Waals surface area contributed by atoms with Crippen molar-refractivity contribution in [3.63, 3.8) is 0 Å². The molecular formula is C11H14S. The van der Waals surface area contributed by atoms with Gasteiger partial charge in [0.15, 0.2) is 0 Å². The summed E-state index contributed by atoms with van der Waals surface area (Å²) in [5.74, 6) is 1.98. The van der Waals surface area contributed by atoms with Crippen LogP contribution in [0.5, 0.6) is 0 Å². The molecule has 1 fully saturated rings. The van der Waals surface area contributed by atoms with Gasteiger partial charge in [-0.25, -0.2) is 0 Å². The van der Waals surface area contributed by atoms with Crippen molar-refractivity contribution >= 4 is 11.3 Å². The summed E-state index contributed by atoms with van der Waals surface area (Å²) < 4.78 is 0. The van der Waals surface area contributed by atoms with Crippen LogP contribution >= 0.6 is 11.3 Å². The molecule has 0 radical (unpaired) electrons. The van der Waals surface area contributed by atoms with Crippen LogP contribution < -0.4 is 0 Å². The van der Waals surface area contributed by atoms with Gasteiger partial charge in [0, 0.05) is 0 Å². The van der Waals surface area contributed by atoms with Gasteiger partial charge in [0.25, 0.3) is 0 Å². The van der Waals surface area contributed by atoms with Crippen LogP contribution in [0, 0.1) is 5.92 Å². The van der Waals surface area contributed by atoms with Crippen molar-refractivity contribution in [3.05, 3.63) is 21.9 Å². The molecule has 0 N–H and O–H groups in total. The third-order valence-electron chi connectivity index (χ3n) is 3.57. The van der Waals surface area contributed by atoms with Gasteiger partial charge in [0.1, 0.15) is 0 Å². The van der Waals surface area contributed by atoms with Gasteiger partial charge in [-0.15, -0.1) is 0 Å². The van der Waals surface area contributed by atoms with Crippen molar-refractivity contribution < 1.29 is 0 Å². The van der Waals surface area contributed by atoms with Gasteiger partial charge < -0.3 is 0 Å². The first-order chi connectivity index (χ1) is 5.95. The van der Waals surface area contributed by atoms with E-state index in [1.54, 1.807) is 11.1 Å². The van der Waals surface area contributed by atoms with Gasteiger partial charge >= 0.3 is 0 Å². The average Bonchev–Trinajstić information content (AvgIpc) is 2.62. The molecule has 12 heavy (non-hydrogen) atoms. The highest BCUT2D eigenvalue weighted by atomic mass is 32.1. The van der Waals surface area contributed by atoms with Gasteiger partial charge in [-0.05, 0) is 53.0 Å². The Bertz CT molecular complexity index is 287. The normalized spacial score (nSPS) is 33.0. The molecule has 1 heteroatoms. The second-order valence-electron chi connectivity index (χ2n) is 4.21. The van der Waals surface area contributed by atoms with Crippen LogP contribution in [0.3, 0.4) is 0 Å². The van der Waals surface area contributed by atoms with Crippen LogP contribution in [-0.4, -0.2) is 0 Å². The van der Waals surface area contributed by atoms with Gasteiger partial charge in [0.05, 0.1) is 0 Å². The minimum atomic E-state index is 0.958. The minimum absolute atomic E-state index is 0.958. The van der Waals surface area contributed by atoms with E-state index in [0.29, 0.717) is 0 Å². The van der Waals surface area contributed by atoms with Crippen LogP contribution in [0.1, 0.15) is 42.7 Å². The Kier molecular flexibility index (Phi) is 1.54. The Morgan fingerprint density at radius 2 is 2.08 bits per heavy atom. The lowest BCUT2D eigenvalue weighted by Gasteiger charge is -2.25. The number of rotatable bonds is 0. The molecule has 2 atom stereocenters. The van der Waals surface area contributed by atoms with Gasteiger partial charge in [0.2, 0.25) is 0 Å². The molecule has 1 aromatic rings. The van der Waals surface area contributed by atoms with E-state index < -0.39 is 0 Å². The third kappa shape index (κ3) is 0.891. The van der Waals surface area contributed by atoms with Crippen molar-refractivity contribution in [2.45, 2.75) is 38.0 Å². The fraction of sp³-hybridized carbons (Fsp3) is 0.636. The largest absolute Gasteiger partial charge is 0.152 e. The summed E-state index contributed by atoms with van der Waals surface area (Å²) in [5.41, 5.74) is 3.39. The maximum absolute atomic E-state index is 2.39. The Labute approximate surface area is 77.6 Å². The standard InChI is InChI=1S/C11H14S/c1-2-4-10-8(3-1)5-9-6-12-7-11(9)10/h6-8,10H,1-5H2. The Morgan fingerprint density at radius 3 is 3.08 bits per heavy atom. The van der Waals surface area contributed by atoms with Crippen LogP contribution in [0.15, 0.2) is 10.8 Å². The Balaban J connectivity index is 1.98. The van der Waals surface area contributed by atoms with Crippen LogP contribution in [0.25, 0.3) is 0 Å². The van der Waals surface area contributed by atoms with Crippen molar-refractivity contribution in [2.75, 3.05) is 0 Å². The minimum Gasteiger partial charge on any atom is -0.152 e. The predicted octanol–water partition coefficient (Wildman–Crippen LogP) is 3.58. The maximum atomic E-state index is 2.39. The molecular weight excluding hydrogens is 164 g/mol. The molecule has 0 saturated heterocycles. The first-order valence-corrected chi connectivity index (χ1v) is 5.94. The fourth-order valence-electron chi connectivity index (χ4n) is 2.97. The van der Waals surface area contributed by atoms with Crippen molar-refractivity contribution in [1.82, 2.24) is 0 Å². The highest BCUT2D eigenvalue weighted by Gasteiger charge is 2.34. The lowest BCUT2D eigenvalue weighted by Crippen LogP contribution is -2.12. The van der Waals surface area contributed by atoms with Crippen molar-refractivity contribution in [2.24, 2.45) is 5.92 Å². The van der Waals surface area contributed by atoms with E-state index in [-0.39, 0.29) is 0 Å². The molecule has 64 valence electrons. The van der Waals surface area contributed by atoms with Crippen LogP contribution in [0.2, 0.25) is 0 Å². The zero-order chi connectivity index (χ0) is 7.97. The fourth-order valence-corrected chi connectivity index (χ4v) is 3.91. The number of fused-ring (bicyclic) bond motifs is 3. The molecule has 0 aromatic carbocycles. The topological polar surface area (TPSA) is 0 Å². The van der Waals surface area contributed by atoms with E-state index in [0.717, 1.165) is 11.8 Å².